The molecule has 0 amide bonds. The Labute approximate surface area is 111 Å². The molecule has 2 N–H and O–H groups in total. The maximum Gasteiger partial charge on any atom is 0.274 e. The van der Waals surface area contributed by atoms with Crippen LogP contribution in [-0.4, -0.2) is 24.6 Å². The lowest BCUT2D eigenvalue weighted by atomic mass is 9.93. The summed E-state index contributed by atoms with van der Waals surface area (Å²) in [6, 6.07) is 3.74. The van der Waals surface area contributed by atoms with Crippen molar-refractivity contribution in [2.75, 3.05) is 24.5 Å². The van der Waals surface area contributed by atoms with Crippen LogP contribution in [0.5, 0.6) is 0 Å². The summed E-state index contributed by atoms with van der Waals surface area (Å²) < 4.78 is 13.4. The zero-order valence-corrected chi connectivity index (χ0v) is 10.7. The summed E-state index contributed by atoms with van der Waals surface area (Å²) in [5.41, 5.74) is 5.94. The number of nitrogens with two attached hydrogens (primary N) is 1. The summed E-state index contributed by atoms with van der Waals surface area (Å²) in [6.07, 6.45) is 3.01. The van der Waals surface area contributed by atoms with E-state index in [-0.39, 0.29) is 5.69 Å². The van der Waals surface area contributed by atoms with Gasteiger partial charge in [-0.3, -0.25) is 10.1 Å². The van der Waals surface area contributed by atoms with Crippen molar-refractivity contribution in [3.63, 3.8) is 0 Å². The second-order valence-corrected chi connectivity index (χ2v) is 4.93. The molecule has 1 aromatic carbocycles. The topological polar surface area (TPSA) is 72.4 Å². The first-order valence-corrected chi connectivity index (χ1v) is 6.50. The van der Waals surface area contributed by atoms with Gasteiger partial charge >= 0.3 is 0 Å². The molecule has 2 rings (SSSR count). The highest BCUT2D eigenvalue weighted by molar-refractivity contribution is 5.53. The minimum Gasteiger partial charge on any atom is -0.371 e. The van der Waals surface area contributed by atoms with Crippen molar-refractivity contribution >= 4 is 11.4 Å². The van der Waals surface area contributed by atoms with Crippen LogP contribution >= 0.6 is 0 Å². The Kier molecular flexibility index (Phi) is 4.31. The van der Waals surface area contributed by atoms with Gasteiger partial charge in [-0.2, -0.15) is 0 Å². The van der Waals surface area contributed by atoms with E-state index in [9.17, 15) is 14.5 Å². The Hall–Kier alpha value is -1.69. The third-order valence-electron chi connectivity index (χ3n) is 3.63. The molecule has 0 radical (unpaired) electrons. The quantitative estimate of drug-likeness (QED) is 0.671. The number of rotatable bonds is 4. The molecule has 1 aliphatic heterocycles. The molecular formula is C13H18FN3O2. The summed E-state index contributed by atoms with van der Waals surface area (Å²) in [4.78, 5) is 12.2. The normalized spacial score (nSPS) is 16.6. The fraction of sp³-hybridized carbons (Fsp3) is 0.538. The molecule has 0 saturated carbocycles. The lowest BCUT2D eigenvalue weighted by molar-refractivity contribution is -0.385. The van der Waals surface area contributed by atoms with Gasteiger partial charge in [0.1, 0.15) is 5.82 Å². The summed E-state index contributed by atoms with van der Waals surface area (Å²) in [6.45, 7) is 2.28. The molecule has 0 spiro atoms. The van der Waals surface area contributed by atoms with Crippen molar-refractivity contribution in [3.05, 3.63) is 34.1 Å². The Morgan fingerprint density at radius 2 is 2.05 bits per heavy atom. The van der Waals surface area contributed by atoms with Gasteiger partial charge in [-0.25, -0.2) is 4.39 Å². The van der Waals surface area contributed by atoms with Crippen molar-refractivity contribution in [3.8, 4) is 0 Å². The van der Waals surface area contributed by atoms with Gasteiger partial charge in [-0.05, 0) is 37.8 Å². The minimum absolute atomic E-state index is 0.195. The average Bonchev–Trinajstić information content (AvgIpc) is 2.39. The van der Waals surface area contributed by atoms with E-state index in [1.807, 2.05) is 4.90 Å². The summed E-state index contributed by atoms with van der Waals surface area (Å²) in [7, 11) is 0. The highest BCUT2D eigenvalue weighted by atomic mass is 19.1. The number of nitro benzene ring substituents is 1. The maximum absolute atomic E-state index is 13.4. The van der Waals surface area contributed by atoms with E-state index in [0.29, 0.717) is 18.2 Å². The first-order valence-electron chi connectivity index (χ1n) is 6.50. The SMILES string of the molecule is NCCC1CCN(c2cc(F)cc([N+](=O)[O-])c2)CC1. The number of nitrogens with zero attached hydrogens (tertiary/aromatic N) is 2. The molecule has 1 saturated heterocycles. The monoisotopic (exact) mass is 267 g/mol. The zero-order valence-electron chi connectivity index (χ0n) is 10.7. The van der Waals surface area contributed by atoms with Crippen molar-refractivity contribution in [1.29, 1.82) is 0 Å². The molecule has 0 aromatic heterocycles. The number of anilines is 1. The number of benzene rings is 1. The Bertz CT molecular complexity index is 459. The molecular weight excluding hydrogens is 249 g/mol. The fourth-order valence-electron chi connectivity index (χ4n) is 2.56. The van der Waals surface area contributed by atoms with Crippen molar-refractivity contribution in [1.82, 2.24) is 0 Å². The van der Waals surface area contributed by atoms with E-state index in [1.54, 1.807) is 0 Å². The fourth-order valence-corrected chi connectivity index (χ4v) is 2.56. The van der Waals surface area contributed by atoms with Crippen LogP contribution in [0, 0.1) is 21.8 Å². The van der Waals surface area contributed by atoms with Gasteiger partial charge in [-0.1, -0.05) is 0 Å². The molecule has 0 aliphatic carbocycles. The smallest absolute Gasteiger partial charge is 0.274 e. The predicted octanol–water partition coefficient (Wildman–Crippen LogP) is 2.30. The maximum atomic E-state index is 13.4. The van der Waals surface area contributed by atoms with E-state index >= 15 is 0 Å². The molecule has 1 aliphatic rings. The van der Waals surface area contributed by atoms with E-state index < -0.39 is 10.7 Å². The standard InChI is InChI=1S/C13H18FN3O2/c14-11-7-12(9-13(8-11)17(18)19)16-5-2-10(1-4-15)3-6-16/h7-10H,1-6,15H2. The molecule has 5 nitrogen and oxygen atoms in total. The molecule has 1 fully saturated rings. The van der Waals surface area contributed by atoms with Crippen LogP contribution in [0.4, 0.5) is 15.8 Å². The van der Waals surface area contributed by atoms with Crippen LogP contribution in [0.2, 0.25) is 0 Å². The first kappa shape index (κ1) is 13.7. The van der Waals surface area contributed by atoms with Crippen LogP contribution in [0.3, 0.4) is 0 Å². The summed E-state index contributed by atoms with van der Waals surface area (Å²) >= 11 is 0. The lowest BCUT2D eigenvalue weighted by Crippen LogP contribution is -2.34. The van der Waals surface area contributed by atoms with Crippen molar-refractivity contribution < 1.29 is 9.31 Å². The number of piperidine rings is 1. The van der Waals surface area contributed by atoms with Crippen LogP contribution in [0.15, 0.2) is 18.2 Å². The van der Waals surface area contributed by atoms with Crippen LogP contribution in [0.25, 0.3) is 0 Å². The van der Waals surface area contributed by atoms with E-state index in [1.165, 1.54) is 12.1 Å². The second kappa shape index (κ2) is 5.97. The van der Waals surface area contributed by atoms with Crippen LogP contribution < -0.4 is 10.6 Å². The highest BCUT2D eigenvalue weighted by Crippen LogP contribution is 2.28. The molecule has 0 unspecified atom stereocenters. The average molecular weight is 267 g/mol. The zero-order chi connectivity index (χ0) is 13.8. The van der Waals surface area contributed by atoms with Gasteiger partial charge in [0, 0.05) is 24.8 Å². The Morgan fingerprint density at radius 1 is 1.37 bits per heavy atom. The third kappa shape index (κ3) is 3.41. The van der Waals surface area contributed by atoms with Gasteiger partial charge in [-0.15, -0.1) is 0 Å². The molecule has 6 heteroatoms. The third-order valence-corrected chi connectivity index (χ3v) is 3.63. The highest BCUT2D eigenvalue weighted by Gasteiger charge is 2.21. The second-order valence-electron chi connectivity index (χ2n) is 4.93. The first-order chi connectivity index (χ1) is 9.10. The number of nitro groups is 1. The molecule has 1 aromatic rings. The van der Waals surface area contributed by atoms with Crippen LogP contribution in [-0.2, 0) is 0 Å². The van der Waals surface area contributed by atoms with Gasteiger partial charge < -0.3 is 10.6 Å². The summed E-state index contributed by atoms with van der Waals surface area (Å²) in [5, 5.41) is 10.7. The molecule has 104 valence electrons. The molecule has 19 heavy (non-hydrogen) atoms. The lowest BCUT2D eigenvalue weighted by Gasteiger charge is -2.33. The van der Waals surface area contributed by atoms with E-state index in [4.69, 9.17) is 5.73 Å². The molecule has 0 atom stereocenters. The Morgan fingerprint density at radius 3 is 2.63 bits per heavy atom. The minimum atomic E-state index is -0.562. The van der Waals surface area contributed by atoms with Gasteiger partial charge in [0.25, 0.3) is 5.69 Å². The number of hydrogen-bond donors (Lipinski definition) is 1. The predicted molar refractivity (Wildman–Crippen MR) is 71.7 cm³/mol. The molecule has 0 bridgehead atoms. The van der Waals surface area contributed by atoms with Gasteiger partial charge in [0.05, 0.1) is 11.0 Å². The number of non-ortho nitro benzene ring substituents is 1. The van der Waals surface area contributed by atoms with Crippen LogP contribution in [0.1, 0.15) is 19.3 Å². The van der Waals surface area contributed by atoms with Crippen molar-refractivity contribution in [2.45, 2.75) is 19.3 Å². The van der Waals surface area contributed by atoms with E-state index in [2.05, 4.69) is 0 Å². The largest absolute Gasteiger partial charge is 0.371 e. The molecule has 1 heterocycles. The Balaban J connectivity index is 2.09. The van der Waals surface area contributed by atoms with Gasteiger partial charge in [0.2, 0.25) is 0 Å². The number of hydrogen-bond acceptors (Lipinski definition) is 4. The summed E-state index contributed by atoms with van der Waals surface area (Å²) in [5.74, 6) is 0.0538. The van der Waals surface area contributed by atoms with E-state index in [0.717, 1.165) is 38.4 Å². The number of halogens is 1. The van der Waals surface area contributed by atoms with Gasteiger partial charge in [0.15, 0.2) is 0 Å². The van der Waals surface area contributed by atoms with Crippen molar-refractivity contribution in [2.24, 2.45) is 11.7 Å².